The van der Waals surface area contributed by atoms with E-state index in [1.54, 1.807) is 7.05 Å². The molecule has 2 rings (SSSR count). The Morgan fingerprint density at radius 3 is 2.58 bits per heavy atom. The van der Waals surface area contributed by atoms with E-state index in [-0.39, 0.29) is 15.7 Å². The molecule has 0 spiro atoms. The fraction of sp³-hybridized carbons (Fsp3) is 0.800. The van der Waals surface area contributed by atoms with Crippen molar-refractivity contribution in [3.05, 3.63) is 4.60 Å². The summed E-state index contributed by atoms with van der Waals surface area (Å²) in [5.41, 5.74) is -0.511. The molecule has 1 fully saturated rings. The van der Waals surface area contributed by atoms with Crippen LogP contribution >= 0.6 is 15.9 Å². The van der Waals surface area contributed by atoms with Gasteiger partial charge in [0.05, 0.1) is 11.7 Å². The third kappa shape index (κ3) is 2.83. The Labute approximate surface area is 121 Å². The maximum absolute atomic E-state index is 12.7. The van der Waals surface area contributed by atoms with E-state index in [4.69, 9.17) is 4.74 Å². The van der Waals surface area contributed by atoms with Crippen molar-refractivity contribution in [1.29, 1.82) is 0 Å². The summed E-state index contributed by atoms with van der Waals surface area (Å²) in [6, 6.07) is 0. The molecule has 1 aromatic rings. The first-order chi connectivity index (χ1) is 8.63. The summed E-state index contributed by atoms with van der Waals surface area (Å²) >= 11 is 3.13. The second-order valence-electron chi connectivity index (χ2n) is 5.29. The normalized spacial score (nSPS) is 24.6. The molecular weight excluding hydrogens is 336 g/mol. The summed E-state index contributed by atoms with van der Waals surface area (Å²) in [6.45, 7) is 6.24. The van der Waals surface area contributed by atoms with Crippen LogP contribution in [0.15, 0.2) is 9.63 Å². The van der Waals surface area contributed by atoms with Crippen LogP contribution in [0.1, 0.15) is 20.8 Å². The van der Waals surface area contributed by atoms with E-state index < -0.39 is 15.6 Å². The van der Waals surface area contributed by atoms with Crippen LogP contribution in [0.5, 0.6) is 0 Å². The second-order valence-corrected chi connectivity index (χ2v) is 7.90. The number of rotatable bonds is 2. The number of aromatic nitrogens is 3. The molecule has 2 heterocycles. The average Bonchev–Trinajstić information content (AvgIpc) is 2.55. The summed E-state index contributed by atoms with van der Waals surface area (Å²) in [5, 5.41) is 7.51. The monoisotopic (exact) mass is 352 g/mol. The Kier molecular flexibility index (Phi) is 3.76. The molecule has 0 radical (unpaired) electrons. The van der Waals surface area contributed by atoms with Crippen molar-refractivity contribution in [2.45, 2.75) is 37.5 Å². The van der Waals surface area contributed by atoms with Crippen molar-refractivity contribution in [3.8, 4) is 0 Å². The Bertz CT molecular complexity index is 564. The molecule has 0 saturated carbocycles. The molecule has 0 amide bonds. The minimum absolute atomic E-state index is 0.0670. The fourth-order valence-corrected chi connectivity index (χ4v) is 4.99. The molecular formula is C10H17BrN4O3S. The van der Waals surface area contributed by atoms with Crippen LogP contribution in [0, 0.1) is 0 Å². The van der Waals surface area contributed by atoms with Crippen molar-refractivity contribution in [2.75, 3.05) is 13.1 Å². The molecule has 1 aliphatic rings. The molecule has 19 heavy (non-hydrogen) atoms. The van der Waals surface area contributed by atoms with Crippen LogP contribution in [0.4, 0.5) is 0 Å². The quantitative estimate of drug-likeness (QED) is 0.785. The summed E-state index contributed by atoms with van der Waals surface area (Å²) < 4.78 is 34.0. The first kappa shape index (κ1) is 14.9. The van der Waals surface area contributed by atoms with Crippen molar-refractivity contribution in [1.82, 2.24) is 19.3 Å². The Morgan fingerprint density at radius 2 is 2.11 bits per heavy atom. The SMILES string of the molecule is CC1CN(S(=O)(=O)c2c(Br)nnn2C)CC(C)(C)O1. The minimum Gasteiger partial charge on any atom is -0.370 e. The van der Waals surface area contributed by atoms with Gasteiger partial charge in [-0.15, -0.1) is 5.10 Å². The molecule has 108 valence electrons. The van der Waals surface area contributed by atoms with E-state index in [1.165, 1.54) is 8.99 Å². The lowest BCUT2D eigenvalue weighted by atomic mass is 10.1. The molecule has 1 atom stereocenters. The zero-order valence-corrected chi connectivity index (χ0v) is 13.7. The molecule has 1 aromatic heterocycles. The van der Waals surface area contributed by atoms with E-state index in [2.05, 4.69) is 26.2 Å². The smallest absolute Gasteiger partial charge is 0.263 e. The number of aryl methyl sites for hydroxylation is 1. The van der Waals surface area contributed by atoms with Crippen LogP contribution in [-0.2, 0) is 21.8 Å². The molecule has 0 N–H and O–H groups in total. The fourth-order valence-electron chi connectivity index (χ4n) is 2.30. The van der Waals surface area contributed by atoms with E-state index in [9.17, 15) is 8.42 Å². The Hall–Kier alpha value is -0.510. The lowest BCUT2D eigenvalue weighted by Gasteiger charge is -2.40. The largest absolute Gasteiger partial charge is 0.370 e. The highest BCUT2D eigenvalue weighted by atomic mass is 79.9. The van der Waals surface area contributed by atoms with Crippen LogP contribution in [0.2, 0.25) is 0 Å². The van der Waals surface area contributed by atoms with Crippen LogP contribution < -0.4 is 0 Å². The number of hydrogen-bond donors (Lipinski definition) is 0. The summed E-state index contributed by atoms with van der Waals surface area (Å²) in [6.07, 6.45) is -0.154. The predicted molar refractivity (Wildman–Crippen MR) is 72.1 cm³/mol. The summed E-state index contributed by atoms with van der Waals surface area (Å²) in [7, 11) is -2.08. The highest BCUT2D eigenvalue weighted by Gasteiger charge is 2.40. The van der Waals surface area contributed by atoms with Crippen molar-refractivity contribution in [3.63, 3.8) is 0 Å². The number of ether oxygens (including phenoxy) is 1. The zero-order valence-electron chi connectivity index (χ0n) is 11.3. The van der Waals surface area contributed by atoms with Gasteiger partial charge in [0.15, 0.2) is 4.60 Å². The van der Waals surface area contributed by atoms with Gasteiger partial charge in [-0.25, -0.2) is 13.1 Å². The van der Waals surface area contributed by atoms with Crippen LogP contribution in [0.3, 0.4) is 0 Å². The first-order valence-corrected chi connectivity index (χ1v) is 8.10. The molecule has 1 aliphatic heterocycles. The lowest BCUT2D eigenvalue weighted by Crippen LogP contribution is -2.53. The first-order valence-electron chi connectivity index (χ1n) is 5.86. The summed E-state index contributed by atoms with van der Waals surface area (Å²) in [4.78, 5) is 0. The van der Waals surface area contributed by atoms with E-state index in [0.29, 0.717) is 13.1 Å². The van der Waals surface area contributed by atoms with Crippen molar-refractivity contribution < 1.29 is 13.2 Å². The third-order valence-electron chi connectivity index (χ3n) is 2.86. The van der Waals surface area contributed by atoms with Gasteiger partial charge in [-0.3, -0.25) is 0 Å². The van der Waals surface area contributed by atoms with Gasteiger partial charge in [0, 0.05) is 20.1 Å². The van der Waals surface area contributed by atoms with Gasteiger partial charge in [0.2, 0.25) is 5.03 Å². The highest BCUT2D eigenvalue weighted by molar-refractivity contribution is 9.10. The van der Waals surface area contributed by atoms with E-state index >= 15 is 0 Å². The average molecular weight is 353 g/mol. The Balaban J connectivity index is 2.40. The summed E-state index contributed by atoms with van der Waals surface area (Å²) in [5.74, 6) is 0. The molecule has 0 aromatic carbocycles. The van der Waals surface area contributed by atoms with Gasteiger partial charge < -0.3 is 4.74 Å². The zero-order chi connectivity index (χ0) is 14.4. The van der Waals surface area contributed by atoms with Gasteiger partial charge in [-0.2, -0.15) is 4.31 Å². The number of halogens is 1. The molecule has 9 heteroatoms. The Morgan fingerprint density at radius 1 is 1.47 bits per heavy atom. The van der Waals surface area contributed by atoms with Crippen molar-refractivity contribution >= 4 is 26.0 Å². The maximum atomic E-state index is 12.7. The molecule has 1 unspecified atom stereocenters. The number of sulfonamides is 1. The minimum atomic E-state index is -3.64. The van der Waals surface area contributed by atoms with Gasteiger partial charge in [0.1, 0.15) is 0 Å². The number of hydrogen-bond acceptors (Lipinski definition) is 5. The van der Waals surface area contributed by atoms with Gasteiger partial charge >= 0.3 is 0 Å². The van der Waals surface area contributed by atoms with Gasteiger partial charge in [-0.05, 0) is 36.7 Å². The van der Waals surface area contributed by atoms with Gasteiger partial charge in [0.25, 0.3) is 10.0 Å². The number of morpholine rings is 1. The second kappa shape index (κ2) is 4.80. The number of nitrogens with zero attached hydrogens (tertiary/aromatic N) is 4. The van der Waals surface area contributed by atoms with E-state index in [0.717, 1.165) is 0 Å². The van der Waals surface area contributed by atoms with Crippen LogP contribution in [0.25, 0.3) is 0 Å². The highest BCUT2D eigenvalue weighted by Crippen LogP contribution is 2.28. The lowest BCUT2D eigenvalue weighted by molar-refractivity contribution is -0.109. The molecule has 0 aliphatic carbocycles. The third-order valence-corrected chi connectivity index (χ3v) is 5.56. The van der Waals surface area contributed by atoms with Crippen molar-refractivity contribution in [2.24, 2.45) is 7.05 Å². The maximum Gasteiger partial charge on any atom is 0.263 e. The molecule has 1 saturated heterocycles. The van der Waals surface area contributed by atoms with Gasteiger partial charge in [-0.1, -0.05) is 5.21 Å². The predicted octanol–water partition coefficient (Wildman–Crippen LogP) is 0.766. The van der Waals surface area contributed by atoms with Crippen LogP contribution in [-0.4, -0.2) is 52.5 Å². The topological polar surface area (TPSA) is 77.3 Å². The molecule has 0 bridgehead atoms. The van der Waals surface area contributed by atoms with E-state index in [1.807, 2.05) is 20.8 Å². The standard InChI is InChI=1S/C10H17BrN4O3S/c1-7-5-15(6-10(2,3)18-7)19(16,17)9-8(11)12-13-14(9)4/h7H,5-6H2,1-4H3. The molecule has 7 nitrogen and oxygen atoms in total.